The second kappa shape index (κ2) is 3.85. The minimum Gasteiger partial charge on any atom is -0.329 e. The number of carbonyl (C=O) groups is 1. The van der Waals surface area contributed by atoms with Crippen LogP contribution in [0.1, 0.15) is 40.5 Å². The second-order valence-corrected chi connectivity index (χ2v) is 6.12. The van der Waals surface area contributed by atoms with Crippen LogP contribution in [0.15, 0.2) is 12.7 Å². The molecular formula is C13H21N3O. The van der Waals surface area contributed by atoms with Crippen molar-refractivity contribution in [2.24, 2.45) is 5.73 Å². The third kappa shape index (κ3) is 2.34. The average Bonchev–Trinajstić information content (AvgIpc) is 2.13. The van der Waals surface area contributed by atoms with Gasteiger partial charge in [-0.3, -0.25) is 4.79 Å². The SMILES string of the molecule is C=CC(=O)N1C(C)(C)CC(N)(C#N)CC1(C)C. The lowest BCUT2D eigenvalue weighted by Gasteiger charge is -2.56. The molecule has 1 rings (SSSR count). The van der Waals surface area contributed by atoms with Crippen molar-refractivity contribution in [3.8, 4) is 6.07 Å². The summed E-state index contributed by atoms with van der Waals surface area (Å²) in [5.41, 5.74) is 4.32. The van der Waals surface area contributed by atoms with Crippen LogP contribution < -0.4 is 5.73 Å². The Balaban J connectivity index is 3.23. The summed E-state index contributed by atoms with van der Waals surface area (Å²) in [4.78, 5) is 13.8. The van der Waals surface area contributed by atoms with E-state index in [4.69, 9.17) is 5.73 Å². The molecule has 2 N–H and O–H groups in total. The van der Waals surface area contributed by atoms with Gasteiger partial charge in [0.25, 0.3) is 0 Å². The van der Waals surface area contributed by atoms with Crippen molar-refractivity contribution in [1.82, 2.24) is 4.90 Å². The largest absolute Gasteiger partial charge is 0.329 e. The molecule has 0 aliphatic carbocycles. The van der Waals surface area contributed by atoms with Gasteiger partial charge in [0, 0.05) is 23.9 Å². The Morgan fingerprint density at radius 1 is 1.35 bits per heavy atom. The van der Waals surface area contributed by atoms with Crippen molar-refractivity contribution in [3.05, 3.63) is 12.7 Å². The lowest BCUT2D eigenvalue weighted by atomic mass is 9.70. The van der Waals surface area contributed by atoms with Crippen molar-refractivity contribution < 1.29 is 4.79 Å². The summed E-state index contributed by atoms with van der Waals surface area (Å²) in [5.74, 6) is -0.111. The molecule has 0 spiro atoms. The summed E-state index contributed by atoms with van der Waals surface area (Å²) < 4.78 is 0. The number of hydrogen-bond donors (Lipinski definition) is 1. The second-order valence-electron chi connectivity index (χ2n) is 6.12. The average molecular weight is 235 g/mol. The number of nitriles is 1. The van der Waals surface area contributed by atoms with Gasteiger partial charge in [-0.15, -0.1) is 0 Å². The number of rotatable bonds is 1. The van der Waals surface area contributed by atoms with Gasteiger partial charge in [-0.05, 0) is 33.8 Å². The summed E-state index contributed by atoms with van der Waals surface area (Å²) >= 11 is 0. The molecule has 0 aromatic carbocycles. The maximum Gasteiger partial charge on any atom is 0.246 e. The molecule has 1 heterocycles. The maximum atomic E-state index is 12.0. The molecular weight excluding hydrogens is 214 g/mol. The number of amides is 1. The van der Waals surface area contributed by atoms with E-state index in [1.54, 1.807) is 4.90 Å². The predicted octanol–water partition coefficient (Wildman–Crippen LogP) is 1.57. The highest BCUT2D eigenvalue weighted by Gasteiger charge is 2.52. The Labute approximate surface area is 103 Å². The lowest BCUT2D eigenvalue weighted by Crippen LogP contribution is -2.68. The first-order valence-electron chi connectivity index (χ1n) is 5.75. The summed E-state index contributed by atoms with van der Waals surface area (Å²) in [6.07, 6.45) is 2.26. The number of hydrogen-bond acceptors (Lipinski definition) is 3. The van der Waals surface area contributed by atoms with Gasteiger partial charge in [0.15, 0.2) is 0 Å². The number of likely N-dealkylation sites (tertiary alicyclic amines) is 1. The van der Waals surface area contributed by atoms with E-state index in [1.165, 1.54) is 6.08 Å². The molecule has 0 bridgehead atoms. The smallest absolute Gasteiger partial charge is 0.246 e. The van der Waals surface area contributed by atoms with Crippen LogP contribution in [0.2, 0.25) is 0 Å². The Kier molecular flexibility index (Phi) is 3.11. The van der Waals surface area contributed by atoms with Crippen molar-refractivity contribution in [2.75, 3.05) is 0 Å². The van der Waals surface area contributed by atoms with Gasteiger partial charge in [0.1, 0.15) is 5.54 Å². The number of piperidine rings is 1. The Hall–Kier alpha value is -1.34. The van der Waals surface area contributed by atoms with Crippen LogP contribution >= 0.6 is 0 Å². The summed E-state index contributed by atoms with van der Waals surface area (Å²) in [6.45, 7) is 11.3. The minimum atomic E-state index is -0.870. The number of nitrogens with two attached hydrogens (primary N) is 1. The highest BCUT2D eigenvalue weighted by atomic mass is 16.2. The first kappa shape index (κ1) is 13.7. The van der Waals surface area contributed by atoms with Gasteiger partial charge in [0.2, 0.25) is 5.91 Å². The van der Waals surface area contributed by atoms with Crippen LogP contribution in [-0.2, 0) is 4.79 Å². The fourth-order valence-electron chi connectivity index (χ4n) is 3.35. The van der Waals surface area contributed by atoms with Crippen LogP contribution in [0.3, 0.4) is 0 Å². The van der Waals surface area contributed by atoms with Crippen LogP contribution in [0.4, 0.5) is 0 Å². The van der Waals surface area contributed by atoms with Crippen LogP contribution in [0.25, 0.3) is 0 Å². The molecule has 17 heavy (non-hydrogen) atoms. The van der Waals surface area contributed by atoms with Gasteiger partial charge in [-0.1, -0.05) is 6.58 Å². The predicted molar refractivity (Wildman–Crippen MR) is 67.0 cm³/mol. The molecule has 1 aliphatic rings. The molecule has 1 fully saturated rings. The van der Waals surface area contributed by atoms with Crippen molar-refractivity contribution in [2.45, 2.75) is 57.2 Å². The molecule has 1 saturated heterocycles. The zero-order chi connectivity index (χ0) is 13.5. The van der Waals surface area contributed by atoms with Crippen LogP contribution in [0, 0.1) is 11.3 Å². The molecule has 0 aromatic heterocycles. The normalized spacial score (nSPS) is 24.8. The Bertz CT molecular complexity index is 372. The Morgan fingerprint density at radius 3 is 2.06 bits per heavy atom. The molecule has 4 heteroatoms. The lowest BCUT2D eigenvalue weighted by molar-refractivity contribution is -0.145. The fourth-order valence-corrected chi connectivity index (χ4v) is 3.35. The number of nitrogens with zero attached hydrogens (tertiary/aromatic N) is 2. The zero-order valence-electron chi connectivity index (χ0n) is 11.1. The van der Waals surface area contributed by atoms with Gasteiger partial charge in [0.05, 0.1) is 6.07 Å². The molecule has 0 aromatic rings. The molecule has 4 nitrogen and oxygen atoms in total. The molecule has 0 atom stereocenters. The van der Waals surface area contributed by atoms with E-state index >= 15 is 0 Å². The van der Waals surface area contributed by atoms with Crippen LogP contribution in [-0.4, -0.2) is 27.4 Å². The van der Waals surface area contributed by atoms with Crippen LogP contribution in [0.5, 0.6) is 0 Å². The third-order valence-electron chi connectivity index (χ3n) is 3.32. The summed E-state index contributed by atoms with van der Waals surface area (Å²) in [7, 11) is 0. The topological polar surface area (TPSA) is 70.1 Å². The van der Waals surface area contributed by atoms with E-state index in [1.807, 2.05) is 27.7 Å². The zero-order valence-corrected chi connectivity index (χ0v) is 11.1. The van der Waals surface area contributed by atoms with Gasteiger partial charge in [-0.2, -0.15) is 5.26 Å². The summed E-state index contributed by atoms with van der Waals surface area (Å²) in [6, 6.07) is 2.18. The number of carbonyl (C=O) groups excluding carboxylic acids is 1. The fraction of sp³-hybridized carbons (Fsp3) is 0.692. The van der Waals surface area contributed by atoms with Gasteiger partial charge >= 0.3 is 0 Å². The van der Waals surface area contributed by atoms with E-state index in [-0.39, 0.29) is 5.91 Å². The van der Waals surface area contributed by atoms with Crippen molar-refractivity contribution >= 4 is 5.91 Å². The molecule has 0 unspecified atom stereocenters. The molecule has 0 saturated carbocycles. The van der Waals surface area contributed by atoms with Gasteiger partial charge in [-0.25, -0.2) is 0 Å². The highest BCUT2D eigenvalue weighted by Crippen LogP contribution is 2.42. The molecule has 94 valence electrons. The van der Waals surface area contributed by atoms with E-state index in [0.717, 1.165) is 0 Å². The first-order chi connectivity index (χ1) is 7.58. The molecule has 1 aliphatic heterocycles. The Morgan fingerprint density at radius 2 is 1.76 bits per heavy atom. The monoisotopic (exact) mass is 235 g/mol. The highest BCUT2D eigenvalue weighted by molar-refractivity contribution is 5.88. The summed E-state index contributed by atoms with van der Waals surface area (Å²) in [5, 5.41) is 9.20. The van der Waals surface area contributed by atoms with Crippen molar-refractivity contribution in [1.29, 1.82) is 5.26 Å². The third-order valence-corrected chi connectivity index (χ3v) is 3.32. The van der Waals surface area contributed by atoms with E-state index in [9.17, 15) is 10.1 Å². The van der Waals surface area contributed by atoms with Crippen molar-refractivity contribution in [3.63, 3.8) is 0 Å². The standard InChI is InChI=1S/C13H21N3O/c1-6-10(17)16-11(2,3)7-13(15,9-14)8-12(16,4)5/h6H,1,7-8,15H2,2-5H3. The van der Waals surface area contributed by atoms with E-state index in [0.29, 0.717) is 12.8 Å². The van der Waals surface area contributed by atoms with E-state index < -0.39 is 16.6 Å². The van der Waals surface area contributed by atoms with Gasteiger partial charge < -0.3 is 10.6 Å². The first-order valence-corrected chi connectivity index (χ1v) is 5.75. The molecule has 0 radical (unpaired) electrons. The quantitative estimate of drug-likeness (QED) is 0.701. The molecule has 1 amide bonds. The minimum absolute atomic E-state index is 0.111. The maximum absolute atomic E-state index is 12.0. The van der Waals surface area contributed by atoms with E-state index in [2.05, 4.69) is 12.6 Å².